The molecule has 4 aliphatic rings. The van der Waals surface area contributed by atoms with E-state index in [1.54, 1.807) is 0 Å². The van der Waals surface area contributed by atoms with Gasteiger partial charge in [-0.15, -0.1) is 34.0 Å². The van der Waals surface area contributed by atoms with E-state index in [1.807, 2.05) is 34.0 Å². The van der Waals surface area contributed by atoms with Crippen molar-refractivity contribution in [3.8, 4) is 11.5 Å². The van der Waals surface area contributed by atoms with Gasteiger partial charge in [0, 0.05) is 123 Å². The van der Waals surface area contributed by atoms with E-state index < -0.39 is 0 Å². The van der Waals surface area contributed by atoms with Gasteiger partial charge in [0.25, 0.3) is 13.4 Å². The lowest BCUT2D eigenvalue weighted by Gasteiger charge is -2.47. The summed E-state index contributed by atoms with van der Waals surface area (Å²) in [7, 11) is 0. The molecule has 0 saturated carbocycles. The fraction of sp³-hybridized carbons (Fsp3) is 0. The Hall–Kier alpha value is -12.1. The summed E-state index contributed by atoms with van der Waals surface area (Å²) in [5, 5.41) is 7.40. The van der Waals surface area contributed by atoms with Gasteiger partial charge < -0.3 is 29.2 Å². The van der Waals surface area contributed by atoms with E-state index >= 15 is 0 Å². The van der Waals surface area contributed by atoms with Gasteiger partial charge in [-0.25, -0.2) is 0 Å². The van der Waals surface area contributed by atoms with Crippen molar-refractivity contribution < 1.29 is 4.74 Å². The maximum absolute atomic E-state index is 7.54. The summed E-state index contributed by atoms with van der Waals surface area (Å²) in [5.74, 6) is 1.69. The number of para-hydroxylation sites is 6. The molecule has 18 aromatic rings. The van der Waals surface area contributed by atoms with Gasteiger partial charge in [-0.2, -0.15) is 0 Å². The minimum absolute atomic E-state index is 0.203. The Morgan fingerprint density at radius 2 is 0.653 bits per heavy atom. The lowest BCUT2D eigenvalue weighted by atomic mass is 9.30. The zero-order chi connectivity index (χ0) is 66.0. The van der Waals surface area contributed by atoms with Gasteiger partial charge in [0.1, 0.15) is 11.5 Å². The van der Waals surface area contributed by atoms with Crippen molar-refractivity contribution in [3.05, 3.63) is 334 Å². The van der Waals surface area contributed by atoms with Crippen LogP contribution in [0.5, 0.6) is 11.5 Å². The highest BCUT2D eigenvalue weighted by Gasteiger charge is 2.49. The Morgan fingerprint density at radius 3 is 1.23 bits per heavy atom. The number of nitrogens with zero attached hydrogens (tertiary/aromatic N) is 5. The van der Waals surface area contributed by atoms with Gasteiger partial charge in [0.15, 0.2) is 0 Å². The van der Waals surface area contributed by atoms with Crippen molar-refractivity contribution in [2.45, 2.75) is 0 Å². The van der Waals surface area contributed by atoms with E-state index in [0.29, 0.717) is 0 Å². The third-order valence-electron chi connectivity index (χ3n) is 21.2. The van der Waals surface area contributed by atoms with Crippen LogP contribution in [0.15, 0.2) is 334 Å². The Morgan fingerprint density at radius 1 is 0.248 bits per heavy atom. The van der Waals surface area contributed by atoms with Crippen LogP contribution in [0.4, 0.5) is 85.3 Å². The van der Waals surface area contributed by atoms with Gasteiger partial charge in [0.2, 0.25) is 0 Å². The van der Waals surface area contributed by atoms with Gasteiger partial charge in [0.05, 0.1) is 28.4 Å². The fourth-order valence-corrected chi connectivity index (χ4v) is 20.5. The summed E-state index contributed by atoms with van der Waals surface area (Å²) in [6, 6.07) is 124. The highest BCUT2D eigenvalue weighted by Crippen LogP contribution is 2.55. The molecule has 470 valence electrons. The summed E-state index contributed by atoms with van der Waals surface area (Å²) in [5.41, 5.74) is 23.6. The first kappa shape index (κ1) is 56.9. The van der Waals surface area contributed by atoms with Gasteiger partial charge in [-0.05, 0) is 172 Å². The molecule has 0 spiro atoms. The van der Waals surface area contributed by atoms with Gasteiger partial charge >= 0.3 is 0 Å². The Kier molecular flexibility index (Phi) is 12.5. The van der Waals surface area contributed by atoms with Crippen molar-refractivity contribution in [2.75, 3.05) is 24.5 Å². The maximum atomic E-state index is 7.54. The molecule has 11 heteroatoms. The molecule has 15 aromatic carbocycles. The zero-order valence-electron chi connectivity index (χ0n) is 54.3. The second-order valence-corrected chi connectivity index (χ2v) is 29.8. The fourth-order valence-electron chi connectivity index (χ4n) is 17.2. The molecule has 0 amide bonds. The first-order valence-electron chi connectivity index (χ1n) is 34.4. The van der Waals surface area contributed by atoms with Crippen LogP contribution in [0.1, 0.15) is 0 Å². The Bertz CT molecular complexity index is 6460. The van der Waals surface area contributed by atoms with E-state index in [4.69, 9.17) is 4.74 Å². The highest BCUT2D eigenvalue weighted by atomic mass is 32.1. The molecule has 22 rings (SSSR count). The van der Waals surface area contributed by atoms with E-state index in [2.05, 4.69) is 358 Å². The number of ether oxygens (including phenoxy) is 1. The predicted octanol–water partition coefficient (Wildman–Crippen LogP) is 22.2. The molecule has 0 N–H and O–H groups in total. The summed E-state index contributed by atoms with van der Waals surface area (Å²) in [4.78, 5) is 12.8. The Balaban J connectivity index is 0.865. The number of hydrogen-bond donors (Lipinski definition) is 0. The molecular formula is C90H55B2N5OS3. The van der Waals surface area contributed by atoms with Gasteiger partial charge in [-0.1, -0.05) is 188 Å². The van der Waals surface area contributed by atoms with Crippen molar-refractivity contribution in [1.29, 1.82) is 0 Å². The molecule has 6 nitrogen and oxygen atoms in total. The van der Waals surface area contributed by atoms with Gasteiger partial charge in [-0.3, -0.25) is 0 Å². The average molecular weight is 1340 g/mol. The van der Waals surface area contributed by atoms with Crippen LogP contribution >= 0.6 is 34.0 Å². The molecule has 0 atom stereocenters. The number of hydrogen-bond acceptors (Lipinski definition) is 9. The smallest absolute Gasteiger partial charge is 0.256 e. The largest absolute Gasteiger partial charge is 0.458 e. The molecule has 7 heterocycles. The second-order valence-electron chi connectivity index (χ2n) is 26.6. The highest BCUT2D eigenvalue weighted by molar-refractivity contribution is 7.26. The Labute approximate surface area is 596 Å². The normalized spacial score (nSPS) is 13.1. The lowest BCUT2D eigenvalue weighted by molar-refractivity contribution is 0.487. The van der Waals surface area contributed by atoms with E-state index in [-0.39, 0.29) is 13.4 Å². The lowest BCUT2D eigenvalue weighted by Crippen LogP contribution is -2.64. The summed E-state index contributed by atoms with van der Waals surface area (Å²) >= 11 is 5.57. The molecule has 0 bridgehead atoms. The van der Waals surface area contributed by atoms with Crippen molar-refractivity contribution in [1.82, 2.24) is 0 Å². The van der Waals surface area contributed by atoms with E-state index in [9.17, 15) is 0 Å². The molecule has 0 saturated heterocycles. The SMILES string of the molecule is c1ccc(N2c3ccccc3B3c4cc5c(cc4N(c4ccccc4)c4cc(N(c6ccccc6)c6cccc7sc8ccccc8c67)cc2c43)N(c2cccc3sc4ccccc4c23)c2cc(N(c3ccccc3)c3cccc4sc6ccccc6c34)cc3c2B5c2ccccc2O3)cc1. The molecule has 0 aliphatic carbocycles. The topological polar surface area (TPSA) is 25.4 Å². The number of fused-ring (bicyclic) bond motifs is 17. The van der Waals surface area contributed by atoms with Crippen molar-refractivity contribution in [3.63, 3.8) is 0 Å². The third-order valence-corrected chi connectivity index (χ3v) is 24.6. The molecule has 0 fully saturated rings. The molecule has 3 aromatic heterocycles. The van der Waals surface area contributed by atoms with E-state index in [0.717, 1.165) is 108 Å². The third kappa shape index (κ3) is 8.46. The standard InChI is InChI=1S/C90H55B2N5OS3/c1-5-26-56(27-6-1)93(70-40-23-47-83-86(70)62-34-13-20-44-80(62)99-83)60-50-75-89-76(51-60)96(59-32-11-4-12-33-59)73-55-74-68(54-67(73)91(89)65-37-16-18-39-69(65)95(75)58-30-9-3-10-31-58)92-66-38-17-19-43-78(66)98-79-53-61(52-77(90(79)92)97(74)72-42-25-49-85-88(72)64-36-15-22-46-82(64)101-85)94(57-28-7-2-8-29-57)71-41-24-48-84-87(71)63-35-14-21-45-81(63)100-84/h1-55H. The summed E-state index contributed by atoms with van der Waals surface area (Å²) in [6.45, 7) is -0.432. The first-order chi connectivity index (χ1) is 50.1. The second kappa shape index (κ2) is 22.2. The molecule has 0 radical (unpaired) electrons. The molecular weight excluding hydrogens is 1280 g/mol. The number of benzene rings is 15. The quantitative estimate of drug-likeness (QED) is 0.134. The van der Waals surface area contributed by atoms with Crippen LogP contribution in [0, 0.1) is 0 Å². The van der Waals surface area contributed by atoms with Crippen molar-refractivity contribution in [2.24, 2.45) is 0 Å². The molecule has 101 heavy (non-hydrogen) atoms. The average Bonchev–Trinajstić information content (AvgIpc) is 1.16. The van der Waals surface area contributed by atoms with E-state index in [1.165, 1.54) is 82.4 Å². The zero-order valence-corrected chi connectivity index (χ0v) is 56.7. The minimum atomic E-state index is -0.230. The van der Waals surface area contributed by atoms with Crippen LogP contribution in [0.25, 0.3) is 60.5 Å². The predicted molar refractivity (Wildman–Crippen MR) is 434 cm³/mol. The molecule has 0 unspecified atom stereocenters. The molecule has 4 aliphatic heterocycles. The minimum Gasteiger partial charge on any atom is -0.458 e. The van der Waals surface area contributed by atoms with Crippen LogP contribution < -0.4 is 62.0 Å². The monoisotopic (exact) mass is 1340 g/mol. The number of rotatable bonds is 9. The number of anilines is 15. The van der Waals surface area contributed by atoms with Crippen LogP contribution in [0.2, 0.25) is 0 Å². The van der Waals surface area contributed by atoms with Crippen molar-refractivity contribution >= 4 is 226 Å². The maximum Gasteiger partial charge on any atom is 0.256 e. The van der Waals surface area contributed by atoms with Crippen LogP contribution in [-0.2, 0) is 0 Å². The number of thiophene rings is 3. The summed E-state index contributed by atoms with van der Waals surface area (Å²) in [6.07, 6.45) is 0. The van der Waals surface area contributed by atoms with Crippen LogP contribution in [0.3, 0.4) is 0 Å². The van der Waals surface area contributed by atoms with Crippen LogP contribution in [-0.4, -0.2) is 13.4 Å². The summed E-state index contributed by atoms with van der Waals surface area (Å²) < 4.78 is 15.0. The first-order valence-corrected chi connectivity index (χ1v) is 36.9.